The Morgan fingerprint density at radius 3 is 2.33 bits per heavy atom. The van der Waals surface area contributed by atoms with Crippen molar-refractivity contribution >= 4 is 5.91 Å². The lowest BCUT2D eigenvalue weighted by molar-refractivity contribution is -0.129. The molecule has 0 aromatic heterocycles. The second kappa shape index (κ2) is 3.74. The van der Waals surface area contributed by atoms with Crippen molar-refractivity contribution in [3.63, 3.8) is 0 Å². The molecule has 2 nitrogen and oxygen atoms in total. The molecule has 68 valence electrons. The molecule has 1 rings (SSSR count). The van der Waals surface area contributed by atoms with Crippen molar-refractivity contribution in [3.05, 3.63) is 11.1 Å². The van der Waals surface area contributed by atoms with Gasteiger partial charge in [-0.3, -0.25) is 4.79 Å². The zero-order valence-corrected chi connectivity index (χ0v) is 8.18. The van der Waals surface area contributed by atoms with Gasteiger partial charge >= 0.3 is 0 Å². The van der Waals surface area contributed by atoms with E-state index in [0.29, 0.717) is 6.42 Å². The third-order valence-corrected chi connectivity index (χ3v) is 2.69. The van der Waals surface area contributed by atoms with Crippen LogP contribution >= 0.6 is 0 Å². The number of rotatable bonds is 0. The Kier molecular flexibility index (Phi) is 2.90. The van der Waals surface area contributed by atoms with Crippen LogP contribution < -0.4 is 0 Å². The lowest BCUT2D eigenvalue weighted by atomic mass is 10.0. The van der Waals surface area contributed by atoms with E-state index < -0.39 is 0 Å². The SMILES string of the molecule is C/C1=C(\C)CCN(C)C(=O)CC1. The Morgan fingerprint density at radius 2 is 1.67 bits per heavy atom. The molecule has 12 heavy (non-hydrogen) atoms. The Labute approximate surface area is 74.2 Å². The van der Waals surface area contributed by atoms with Crippen LogP contribution in [-0.4, -0.2) is 24.4 Å². The van der Waals surface area contributed by atoms with Gasteiger partial charge in [-0.05, 0) is 26.7 Å². The van der Waals surface area contributed by atoms with E-state index in [-0.39, 0.29) is 5.91 Å². The van der Waals surface area contributed by atoms with Crippen molar-refractivity contribution in [2.75, 3.05) is 13.6 Å². The number of hydrogen-bond donors (Lipinski definition) is 0. The van der Waals surface area contributed by atoms with E-state index in [1.165, 1.54) is 11.1 Å². The molecule has 0 bridgehead atoms. The molecule has 1 heterocycles. The molecule has 0 saturated heterocycles. The topological polar surface area (TPSA) is 20.3 Å². The molecular formula is C10H17NO. The van der Waals surface area contributed by atoms with Crippen LogP contribution in [0.15, 0.2) is 11.1 Å². The van der Waals surface area contributed by atoms with Gasteiger partial charge in [-0.25, -0.2) is 0 Å². The van der Waals surface area contributed by atoms with Crippen molar-refractivity contribution in [2.45, 2.75) is 33.1 Å². The van der Waals surface area contributed by atoms with Gasteiger partial charge in [0.2, 0.25) is 5.91 Å². The lowest BCUT2D eigenvalue weighted by Gasteiger charge is -2.21. The number of amides is 1. The summed E-state index contributed by atoms with van der Waals surface area (Å²) in [6.07, 6.45) is 2.66. The molecule has 0 fully saturated rings. The number of carbonyl (C=O) groups excluding carboxylic acids is 1. The van der Waals surface area contributed by atoms with Gasteiger partial charge in [-0.2, -0.15) is 0 Å². The van der Waals surface area contributed by atoms with Gasteiger partial charge in [-0.15, -0.1) is 0 Å². The quantitative estimate of drug-likeness (QED) is 0.505. The molecule has 0 N–H and O–H groups in total. The van der Waals surface area contributed by atoms with Crippen LogP contribution in [0.4, 0.5) is 0 Å². The molecule has 0 unspecified atom stereocenters. The van der Waals surface area contributed by atoms with E-state index in [1.807, 2.05) is 11.9 Å². The van der Waals surface area contributed by atoms with Crippen LogP contribution in [0.2, 0.25) is 0 Å². The van der Waals surface area contributed by atoms with Crippen molar-refractivity contribution in [1.82, 2.24) is 4.90 Å². The van der Waals surface area contributed by atoms with E-state index in [0.717, 1.165) is 19.4 Å². The largest absolute Gasteiger partial charge is 0.345 e. The Bertz CT molecular complexity index is 218. The standard InChI is InChI=1S/C10H17NO/c1-8-4-5-10(12)11(3)7-6-9(8)2/h4-7H2,1-3H3/b9-8-. The summed E-state index contributed by atoms with van der Waals surface area (Å²) in [5, 5.41) is 0. The van der Waals surface area contributed by atoms with Gasteiger partial charge in [0.25, 0.3) is 0 Å². The maximum Gasteiger partial charge on any atom is 0.222 e. The number of allylic oxidation sites excluding steroid dienone is 1. The minimum atomic E-state index is 0.279. The van der Waals surface area contributed by atoms with Crippen LogP contribution in [0.3, 0.4) is 0 Å². The first-order valence-corrected chi connectivity index (χ1v) is 4.50. The summed E-state index contributed by atoms with van der Waals surface area (Å²) in [7, 11) is 1.89. The van der Waals surface area contributed by atoms with Gasteiger partial charge in [0, 0.05) is 20.0 Å². The first-order valence-electron chi connectivity index (χ1n) is 4.50. The highest BCUT2D eigenvalue weighted by Crippen LogP contribution is 2.17. The summed E-state index contributed by atoms with van der Waals surface area (Å²) < 4.78 is 0. The van der Waals surface area contributed by atoms with Crippen molar-refractivity contribution in [1.29, 1.82) is 0 Å². The molecule has 0 spiro atoms. The zero-order valence-electron chi connectivity index (χ0n) is 8.18. The summed E-state index contributed by atoms with van der Waals surface area (Å²) >= 11 is 0. The van der Waals surface area contributed by atoms with Gasteiger partial charge in [0.1, 0.15) is 0 Å². The second-order valence-corrected chi connectivity index (χ2v) is 3.63. The fraction of sp³-hybridized carbons (Fsp3) is 0.700. The average molecular weight is 167 g/mol. The molecular weight excluding hydrogens is 150 g/mol. The minimum Gasteiger partial charge on any atom is -0.345 e. The van der Waals surface area contributed by atoms with Crippen molar-refractivity contribution in [3.8, 4) is 0 Å². The maximum absolute atomic E-state index is 11.3. The average Bonchev–Trinajstić information content (AvgIpc) is 2.07. The van der Waals surface area contributed by atoms with E-state index in [2.05, 4.69) is 13.8 Å². The fourth-order valence-corrected chi connectivity index (χ4v) is 1.37. The third-order valence-electron chi connectivity index (χ3n) is 2.69. The van der Waals surface area contributed by atoms with Gasteiger partial charge < -0.3 is 4.90 Å². The molecule has 0 radical (unpaired) electrons. The van der Waals surface area contributed by atoms with Crippen LogP contribution in [0.5, 0.6) is 0 Å². The van der Waals surface area contributed by atoms with E-state index in [4.69, 9.17) is 0 Å². The van der Waals surface area contributed by atoms with E-state index >= 15 is 0 Å². The van der Waals surface area contributed by atoms with Crippen molar-refractivity contribution < 1.29 is 4.79 Å². The molecule has 1 amide bonds. The Morgan fingerprint density at radius 1 is 1.08 bits per heavy atom. The molecule has 0 aliphatic carbocycles. The van der Waals surface area contributed by atoms with Crippen LogP contribution in [-0.2, 0) is 4.79 Å². The summed E-state index contributed by atoms with van der Waals surface area (Å²) in [5.74, 6) is 0.279. The molecule has 0 aromatic rings. The third kappa shape index (κ3) is 2.10. The summed E-state index contributed by atoms with van der Waals surface area (Å²) in [4.78, 5) is 13.2. The van der Waals surface area contributed by atoms with E-state index in [1.54, 1.807) is 0 Å². The highest BCUT2D eigenvalue weighted by molar-refractivity contribution is 5.76. The van der Waals surface area contributed by atoms with E-state index in [9.17, 15) is 4.79 Å². The van der Waals surface area contributed by atoms with Crippen LogP contribution in [0.25, 0.3) is 0 Å². The maximum atomic E-state index is 11.3. The normalized spacial score (nSPS) is 26.9. The molecule has 0 atom stereocenters. The summed E-state index contributed by atoms with van der Waals surface area (Å²) in [6, 6.07) is 0. The predicted molar refractivity (Wildman–Crippen MR) is 49.9 cm³/mol. The lowest BCUT2D eigenvalue weighted by Crippen LogP contribution is -2.28. The molecule has 1 aliphatic rings. The van der Waals surface area contributed by atoms with Crippen LogP contribution in [0.1, 0.15) is 33.1 Å². The first kappa shape index (κ1) is 9.30. The highest BCUT2D eigenvalue weighted by atomic mass is 16.2. The number of carbonyl (C=O) groups is 1. The number of hydrogen-bond acceptors (Lipinski definition) is 1. The highest BCUT2D eigenvalue weighted by Gasteiger charge is 2.12. The zero-order chi connectivity index (χ0) is 9.14. The van der Waals surface area contributed by atoms with Crippen LogP contribution in [0, 0.1) is 0 Å². The Hall–Kier alpha value is -0.790. The second-order valence-electron chi connectivity index (χ2n) is 3.63. The van der Waals surface area contributed by atoms with Gasteiger partial charge in [-0.1, -0.05) is 11.1 Å². The molecule has 0 aromatic carbocycles. The monoisotopic (exact) mass is 167 g/mol. The smallest absolute Gasteiger partial charge is 0.222 e. The van der Waals surface area contributed by atoms with Gasteiger partial charge in [0.15, 0.2) is 0 Å². The van der Waals surface area contributed by atoms with Gasteiger partial charge in [0.05, 0.1) is 0 Å². The summed E-state index contributed by atoms with van der Waals surface area (Å²) in [5.41, 5.74) is 2.85. The molecule has 1 aliphatic heterocycles. The minimum absolute atomic E-state index is 0.279. The first-order chi connectivity index (χ1) is 5.61. The molecule has 2 heteroatoms. The number of nitrogens with zero attached hydrogens (tertiary/aromatic N) is 1. The molecule has 0 saturated carbocycles. The fourth-order valence-electron chi connectivity index (χ4n) is 1.37. The predicted octanol–water partition coefficient (Wildman–Crippen LogP) is 1.97. The summed E-state index contributed by atoms with van der Waals surface area (Å²) in [6.45, 7) is 5.18. The van der Waals surface area contributed by atoms with Crippen molar-refractivity contribution in [2.24, 2.45) is 0 Å². The Balaban J connectivity index is 2.69.